The smallest absolute Gasteiger partial charge is 0.371 e. The molecule has 1 heterocycles. The SMILES string of the molecule is CCCC1(OC)C(c2ccc(O)cc2)CCC[Si]1(OC)OC. The van der Waals surface area contributed by atoms with E-state index in [2.05, 4.69) is 6.92 Å². The van der Waals surface area contributed by atoms with Gasteiger partial charge in [-0.3, -0.25) is 0 Å². The minimum Gasteiger partial charge on any atom is -0.508 e. The van der Waals surface area contributed by atoms with E-state index in [9.17, 15) is 5.11 Å². The molecule has 1 aromatic carbocycles. The van der Waals surface area contributed by atoms with Crippen LogP contribution in [-0.2, 0) is 13.6 Å². The molecule has 1 aliphatic heterocycles. The molecule has 0 spiro atoms. The Morgan fingerprint density at radius 2 is 1.82 bits per heavy atom. The summed E-state index contributed by atoms with van der Waals surface area (Å²) in [5, 5.41) is 9.18. The predicted molar refractivity (Wildman–Crippen MR) is 89.3 cm³/mol. The molecule has 0 saturated carbocycles. The highest BCUT2D eigenvalue weighted by molar-refractivity contribution is 6.71. The van der Waals surface area contributed by atoms with Crippen LogP contribution in [0.2, 0.25) is 6.04 Å². The maximum Gasteiger partial charge on any atom is 0.371 e. The van der Waals surface area contributed by atoms with E-state index in [0.29, 0.717) is 5.75 Å². The number of aromatic hydroxyl groups is 1. The van der Waals surface area contributed by atoms with Crippen LogP contribution in [0.25, 0.3) is 0 Å². The highest BCUT2D eigenvalue weighted by Gasteiger charge is 2.63. The first kappa shape index (κ1) is 17.5. The van der Waals surface area contributed by atoms with Gasteiger partial charge >= 0.3 is 8.56 Å². The first-order chi connectivity index (χ1) is 10.6. The Hall–Kier alpha value is -0.883. The van der Waals surface area contributed by atoms with Crippen molar-refractivity contribution in [3.8, 4) is 5.75 Å². The molecule has 0 amide bonds. The molecule has 1 aromatic rings. The lowest BCUT2D eigenvalue weighted by atomic mass is 9.85. The third-order valence-electron chi connectivity index (χ3n) is 5.15. The molecule has 1 saturated heterocycles. The quantitative estimate of drug-likeness (QED) is 0.810. The van der Waals surface area contributed by atoms with Crippen LogP contribution in [-0.4, -0.2) is 40.2 Å². The fourth-order valence-corrected chi connectivity index (χ4v) is 8.30. The summed E-state index contributed by atoms with van der Waals surface area (Å²) in [5.41, 5.74) is 1.19. The Morgan fingerprint density at radius 3 is 2.32 bits per heavy atom. The van der Waals surface area contributed by atoms with Crippen molar-refractivity contribution < 1.29 is 18.7 Å². The lowest BCUT2D eigenvalue weighted by molar-refractivity contribution is -0.0302. The van der Waals surface area contributed by atoms with Crippen molar-refractivity contribution in [2.24, 2.45) is 0 Å². The zero-order valence-corrected chi connectivity index (χ0v) is 15.1. The van der Waals surface area contributed by atoms with Crippen molar-refractivity contribution >= 4 is 8.56 Å². The number of phenolic OH excluding ortho intramolecular Hbond substituents is 1. The molecule has 1 N–H and O–H groups in total. The molecule has 2 rings (SSSR count). The first-order valence-electron chi connectivity index (χ1n) is 8.03. The van der Waals surface area contributed by atoms with Crippen molar-refractivity contribution in [2.45, 2.75) is 49.8 Å². The normalized spacial score (nSPS) is 27.7. The van der Waals surface area contributed by atoms with Crippen LogP contribution in [0, 0.1) is 0 Å². The Labute approximate surface area is 134 Å². The largest absolute Gasteiger partial charge is 0.508 e. The van der Waals surface area contributed by atoms with Gasteiger partial charge in [-0.15, -0.1) is 0 Å². The Bertz CT molecular complexity index is 472. The molecule has 0 aromatic heterocycles. The Kier molecular flexibility index (Phi) is 5.66. The first-order valence-corrected chi connectivity index (χ1v) is 10.1. The number of ether oxygens (including phenoxy) is 1. The summed E-state index contributed by atoms with van der Waals surface area (Å²) in [6.45, 7) is 2.17. The highest BCUT2D eigenvalue weighted by Crippen LogP contribution is 2.51. The van der Waals surface area contributed by atoms with Gasteiger partial charge in [0.15, 0.2) is 0 Å². The van der Waals surface area contributed by atoms with Crippen LogP contribution in [0.4, 0.5) is 0 Å². The average Bonchev–Trinajstić information content (AvgIpc) is 2.56. The van der Waals surface area contributed by atoms with Gasteiger partial charge in [-0.1, -0.05) is 31.9 Å². The number of phenols is 1. The topological polar surface area (TPSA) is 47.9 Å². The lowest BCUT2D eigenvalue weighted by Gasteiger charge is -2.52. The molecule has 1 fully saturated rings. The second-order valence-corrected chi connectivity index (χ2v) is 9.71. The third-order valence-corrected chi connectivity index (χ3v) is 9.57. The van der Waals surface area contributed by atoms with Crippen LogP contribution in [0.3, 0.4) is 0 Å². The van der Waals surface area contributed by atoms with Gasteiger partial charge in [0.05, 0.1) is 0 Å². The van der Waals surface area contributed by atoms with Gasteiger partial charge in [0.1, 0.15) is 11.0 Å². The van der Waals surface area contributed by atoms with E-state index in [1.807, 2.05) is 12.1 Å². The highest BCUT2D eigenvalue weighted by atomic mass is 28.4. The summed E-state index contributed by atoms with van der Waals surface area (Å²) >= 11 is 0. The molecule has 0 aliphatic carbocycles. The van der Waals surface area contributed by atoms with Gasteiger partial charge in [0.25, 0.3) is 0 Å². The second kappa shape index (κ2) is 7.13. The summed E-state index contributed by atoms with van der Waals surface area (Å²) in [4.78, 5) is 0. The van der Waals surface area contributed by atoms with Crippen LogP contribution in [0.1, 0.15) is 44.1 Å². The molecule has 0 bridgehead atoms. The minimum absolute atomic E-state index is 0.235. The summed E-state index contributed by atoms with van der Waals surface area (Å²) < 4.78 is 18.2. The average molecular weight is 324 g/mol. The van der Waals surface area contributed by atoms with Crippen LogP contribution >= 0.6 is 0 Å². The standard InChI is InChI=1S/C17H28O4Si/c1-5-12-17(19-2)16(14-8-10-15(18)11-9-14)7-6-13-22(17,20-3)21-4/h8-11,16,18H,5-7,12-13H2,1-4H3. The third kappa shape index (κ3) is 2.71. The summed E-state index contributed by atoms with van der Waals surface area (Å²) in [6, 6.07) is 8.46. The van der Waals surface area contributed by atoms with Crippen LogP contribution in [0.5, 0.6) is 5.75 Å². The van der Waals surface area contributed by atoms with Gasteiger partial charge in [0, 0.05) is 27.2 Å². The molecule has 2 unspecified atom stereocenters. The van der Waals surface area contributed by atoms with E-state index in [1.165, 1.54) is 5.56 Å². The predicted octanol–water partition coefficient (Wildman–Crippen LogP) is 3.73. The molecule has 0 radical (unpaired) electrons. The molecular formula is C17H28O4Si. The molecule has 4 nitrogen and oxygen atoms in total. The van der Waals surface area contributed by atoms with Gasteiger partial charge < -0.3 is 18.7 Å². The fourth-order valence-electron chi connectivity index (χ4n) is 4.16. The van der Waals surface area contributed by atoms with E-state index in [1.54, 1.807) is 33.5 Å². The number of benzene rings is 1. The fraction of sp³-hybridized carbons (Fsp3) is 0.647. The second-order valence-electron chi connectivity index (χ2n) is 6.04. The monoisotopic (exact) mass is 324 g/mol. The zero-order chi connectivity index (χ0) is 16.2. The van der Waals surface area contributed by atoms with Crippen molar-refractivity contribution in [3.63, 3.8) is 0 Å². The minimum atomic E-state index is -2.48. The number of rotatable bonds is 6. The molecular weight excluding hydrogens is 296 g/mol. The van der Waals surface area contributed by atoms with Crippen LogP contribution in [0.15, 0.2) is 24.3 Å². The van der Waals surface area contributed by atoms with Gasteiger partial charge in [-0.25, -0.2) is 0 Å². The van der Waals surface area contributed by atoms with Gasteiger partial charge in [-0.05, 0) is 36.6 Å². The number of methoxy groups -OCH3 is 1. The van der Waals surface area contributed by atoms with E-state index in [4.69, 9.17) is 13.6 Å². The van der Waals surface area contributed by atoms with Crippen molar-refractivity contribution in [1.82, 2.24) is 0 Å². The van der Waals surface area contributed by atoms with E-state index in [0.717, 1.165) is 31.7 Å². The van der Waals surface area contributed by atoms with Gasteiger partial charge in [-0.2, -0.15) is 0 Å². The lowest BCUT2D eigenvalue weighted by Crippen LogP contribution is -2.67. The molecule has 22 heavy (non-hydrogen) atoms. The van der Waals surface area contributed by atoms with E-state index < -0.39 is 8.56 Å². The van der Waals surface area contributed by atoms with Crippen LogP contribution < -0.4 is 0 Å². The molecule has 5 heteroatoms. The maximum atomic E-state index is 9.57. The van der Waals surface area contributed by atoms with E-state index >= 15 is 0 Å². The Morgan fingerprint density at radius 1 is 1.18 bits per heavy atom. The van der Waals surface area contributed by atoms with Crippen molar-refractivity contribution in [1.29, 1.82) is 0 Å². The number of hydrogen-bond donors (Lipinski definition) is 1. The summed E-state index contributed by atoms with van der Waals surface area (Å²) in [7, 11) is 2.83. The molecule has 2 atom stereocenters. The summed E-state index contributed by atoms with van der Waals surface area (Å²) in [5.74, 6) is 0.526. The Balaban J connectivity index is 2.51. The van der Waals surface area contributed by atoms with Crippen molar-refractivity contribution in [3.05, 3.63) is 29.8 Å². The van der Waals surface area contributed by atoms with Gasteiger partial charge in [0.2, 0.25) is 0 Å². The zero-order valence-electron chi connectivity index (χ0n) is 14.1. The molecule has 124 valence electrons. The summed E-state index contributed by atoms with van der Waals surface area (Å²) in [6.07, 6.45) is 4.07. The van der Waals surface area contributed by atoms with Crippen molar-refractivity contribution in [2.75, 3.05) is 21.3 Å². The number of hydrogen-bond acceptors (Lipinski definition) is 4. The molecule has 1 aliphatic rings. The van der Waals surface area contributed by atoms with E-state index in [-0.39, 0.29) is 11.1 Å². The maximum absolute atomic E-state index is 9.57.